The maximum absolute atomic E-state index is 11.9. The summed E-state index contributed by atoms with van der Waals surface area (Å²) in [6.45, 7) is 4.58. The van der Waals surface area contributed by atoms with Gasteiger partial charge in [0.15, 0.2) is 0 Å². The van der Waals surface area contributed by atoms with Crippen LogP contribution in [0.4, 0.5) is 11.4 Å². The van der Waals surface area contributed by atoms with Gasteiger partial charge in [0.1, 0.15) is 0 Å². The molecule has 0 radical (unpaired) electrons. The number of nitrogens with two attached hydrogens (primary N) is 1. The van der Waals surface area contributed by atoms with Gasteiger partial charge in [-0.25, -0.2) is 13.1 Å². The molecule has 4 N–H and O–H groups in total. The van der Waals surface area contributed by atoms with Crippen molar-refractivity contribution in [2.75, 3.05) is 18.1 Å². The first-order valence-corrected chi connectivity index (χ1v) is 8.81. The van der Waals surface area contributed by atoms with Crippen molar-refractivity contribution in [2.45, 2.75) is 50.5 Å². The van der Waals surface area contributed by atoms with Gasteiger partial charge in [-0.15, -0.1) is 0 Å². The molecule has 0 unspecified atom stereocenters. The number of sulfonamides is 1. The van der Waals surface area contributed by atoms with E-state index in [1.54, 1.807) is 12.1 Å². The molecule has 0 amide bonds. The van der Waals surface area contributed by atoms with Gasteiger partial charge in [-0.1, -0.05) is 13.8 Å². The van der Waals surface area contributed by atoms with Crippen LogP contribution < -0.4 is 15.8 Å². The van der Waals surface area contributed by atoms with Crippen molar-refractivity contribution in [1.29, 1.82) is 0 Å². The van der Waals surface area contributed by atoms with Gasteiger partial charge in [-0.3, -0.25) is 0 Å². The van der Waals surface area contributed by atoms with Crippen LogP contribution in [0.2, 0.25) is 0 Å². The molecule has 0 aromatic heterocycles. The molecule has 1 aromatic carbocycles. The summed E-state index contributed by atoms with van der Waals surface area (Å²) in [7, 11) is -2.04. The summed E-state index contributed by atoms with van der Waals surface area (Å²) in [5.41, 5.74) is 7.65. The van der Waals surface area contributed by atoms with Gasteiger partial charge in [0, 0.05) is 6.04 Å². The molecule has 118 valence electrons. The van der Waals surface area contributed by atoms with Gasteiger partial charge in [0.25, 0.3) is 0 Å². The fraction of sp³-hybridized carbons (Fsp3) is 0.600. The lowest BCUT2D eigenvalue weighted by Crippen LogP contribution is -2.30. The maximum atomic E-state index is 11.9. The summed E-state index contributed by atoms with van der Waals surface area (Å²) in [6, 6.07) is 5.13. The molecule has 1 fully saturated rings. The van der Waals surface area contributed by atoms with Gasteiger partial charge in [0.2, 0.25) is 10.0 Å². The molecule has 0 spiro atoms. The molecule has 5 nitrogen and oxygen atoms in total. The first-order valence-electron chi connectivity index (χ1n) is 7.33. The Morgan fingerprint density at radius 3 is 2.43 bits per heavy atom. The summed E-state index contributed by atoms with van der Waals surface area (Å²) in [6.07, 6.45) is 4.49. The van der Waals surface area contributed by atoms with Crippen LogP contribution in [0.5, 0.6) is 0 Å². The quantitative estimate of drug-likeness (QED) is 0.746. The highest BCUT2D eigenvalue weighted by Crippen LogP contribution is 2.36. The van der Waals surface area contributed by atoms with Crippen LogP contribution in [0, 0.1) is 5.41 Å². The van der Waals surface area contributed by atoms with E-state index in [1.165, 1.54) is 26.0 Å². The van der Waals surface area contributed by atoms with Crippen molar-refractivity contribution < 1.29 is 8.42 Å². The lowest BCUT2D eigenvalue weighted by Gasteiger charge is -2.35. The Morgan fingerprint density at radius 2 is 1.86 bits per heavy atom. The molecule has 0 heterocycles. The molecule has 2 rings (SSSR count). The number of hydrogen-bond acceptors (Lipinski definition) is 4. The zero-order valence-electron chi connectivity index (χ0n) is 12.9. The van der Waals surface area contributed by atoms with Gasteiger partial charge in [-0.05, 0) is 56.3 Å². The monoisotopic (exact) mass is 311 g/mol. The Balaban J connectivity index is 2.15. The second-order valence-corrected chi connectivity index (χ2v) is 8.43. The number of benzene rings is 1. The zero-order valence-corrected chi connectivity index (χ0v) is 13.8. The molecule has 6 heteroatoms. The van der Waals surface area contributed by atoms with Crippen molar-refractivity contribution >= 4 is 21.4 Å². The third-order valence-corrected chi connectivity index (χ3v) is 5.71. The zero-order chi connectivity index (χ0) is 15.7. The van der Waals surface area contributed by atoms with Crippen molar-refractivity contribution in [2.24, 2.45) is 5.41 Å². The van der Waals surface area contributed by atoms with Crippen LogP contribution in [0.25, 0.3) is 0 Å². The van der Waals surface area contributed by atoms with E-state index in [2.05, 4.69) is 23.9 Å². The van der Waals surface area contributed by atoms with E-state index in [1.807, 2.05) is 0 Å². The Labute approximate surface area is 127 Å². The van der Waals surface area contributed by atoms with E-state index >= 15 is 0 Å². The molecular weight excluding hydrogens is 286 g/mol. The average Bonchev–Trinajstić information content (AvgIpc) is 2.43. The van der Waals surface area contributed by atoms with Crippen LogP contribution in [0.3, 0.4) is 0 Å². The Hall–Kier alpha value is -1.27. The second kappa shape index (κ2) is 5.85. The summed E-state index contributed by atoms with van der Waals surface area (Å²) in [5, 5.41) is 3.41. The van der Waals surface area contributed by atoms with Crippen LogP contribution in [-0.2, 0) is 10.0 Å². The van der Waals surface area contributed by atoms with E-state index in [-0.39, 0.29) is 4.90 Å². The van der Waals surface area contributed by atoms with E-state index < -0.39 is 10.0 Å². The van der Waals surface area contributed by atoms with Crippen molar-refractivity contribution in [3.63, 3.8) is 0 Å². The molecule has 1 aliphatic carbocycles. The highest BCUT2D eigenvalue weighted by Gasteiger charge is 2.27. The van der Waals surface area contributed by atoms with E-state index in [0.717, 1.165) is 12.8 Å². The Bertz CT molecular complexity index is 601. The normalized spacial score (nSPS) is 19.4. The maximum Gasteiger partial charge on any atom is 0.240 e. The smallest absolute Gasteiger partial charge is 0.240 e. The molecule has 0 aliphatic heterocycles. The first kappa shape index (κ1) is 16.1. The van der Waals surface area contributed by atoms with Gasteiger partial charge in [-0.2, -0.15) is 0 Å². The fourth-order valence-corrected chi connectivity index (χ4v) is 3.46. The minimum Gasteiger partial charge on any atom is -0.397 e. The Kier molecular flexibility index (Phi) is 4.49. The number of nitrogens with one attached hydrogen (secondary N) is 2. The van der Waals surface area contributed by atoms with E-state index in [4.69, 9.17) is 5.73 Å². The van der Waals surface area contributed by atoms with Gasteiger partial charge in [0.05, 0.1) is 16.3 Å². The SMILES string of the molecule is CNS(=O)(=O)c1ccc(N)c(NC2CCC(C)(C)CC2)c1. The lowest BCUT2D eigenvalue weighted by atomic mass is 9.75. The number of nitrogen functional groups attached to an aromatic ring is 1. The lowest BCUT2D eigenvalue weighted by molar-refractivity contribution is 0.232. The number of rotatable bonds is 4. The molecule has 21 heavy (non-hydrogen) atoms. The van der Waals surface area contributed by atoms with E-state index in [0.29, 0.717) is 22.8 Å². The number of hydrogen-bond donors (Lipinski definition) is 3. The summed E-state index contributed by atoms with van der Waals surface area (Å²) in [5.74, 6) is 0. The predicted molar refractivity (Wildman–Crippen MR) is 86.8 cm³/mol. The second-order valence-electron chi connectivity index (χ2n) is 6.54. The molecule has 0 saturated heterocycles. The fourth-order valence-electron chi connectivity index (χ4n) is 2.71. The highest BCUT2D eigenvalue weighted by atomic mass is 32.2. The topological polar surface area (TPSA) is 84.2 Å². The Morgan fingerprint density at radius 1 is 1.24 bits per heavy atom. The summed E-state index contributed by atoms with van der Waals surface area (Å²) >= 11 is 0. The molecule has 0 bridgehead atoms. The molecule has 1 saturated carbocycles. The van der Waals surface area contributed by atoms with Gasteiger partial charge < -0.3 is 11.1 Å². The molecule has 0 atom stereocenters. The minimum atomic E-state index is -3.44. The van der Waals surface area contributed by atoms with Crippen LogP contribution in [0.1, 0.15) is 39.5 Å². The van der Waals surface area contributed by atoms with Gasteiger partial charge >= 0.3 is 0 Å². The van der Waals surface area contributed by atoms with Crippen molar-refractivity contribution in [3.8, 4) is 0 Å². The molecule has 1 aliphatic rings. The average molecular weight is 311 g/mol. The number of anilines is 2. The largest absolute Gasteiger partial charge is 0.397 e. The third kappa shape index (κ3) is 3.89. The van der Waals surface area contributed by atoms with Crippen LogP contribution in [-0.4, -0.2) is 21.5 Å². The first-order chi connectivity index (χ1) is 9.73. The predicted octanol–water partition coefficient (Wildman–Crippen LogP) is 2.56. The van der Waals surface area contributed by atoms with Crippen LogP contribution in [0.15, 0.2) is 23.1 Å². The van der Waals surface area contributed by atoms with Crippen LogP contribution >= 0.6 is 0 Å². The van der Waals surface area contributed by atoms with E-state index in [9.17, 15) is 8.42 Å². The minimum absolute atomic E-state index is 0.234. The molecule has 1 aromatic rings. The standard InChI is InChI=1S/C15H25N3O2S/c1-15(2)8-6-11(7-9-15)18-14-10-12(4-5-13(14)16)21(19,20)17-3/h4-5,10-11,17-18H,6-9,16H2,1-3H3. The van der Waals surface area contributed by atoms with Crippen molar-refractivity contribution in [1.82, 2.24) is 4.72 Å². The molecular formula is C15H25N3O2S. The van der Waals surface area contributed by atoms with Crippen molar-refractivity contribution in [3.05, 3.63) is 18.2 Å². The highest BCUT2D eigenvalue weighted by molar-refractivity contribution is 7.89. The third-order valence-electron chi connectivity index (χ3n) is 4.30. The summed E-state index contributed by atoms with van der Waals surface area (Å²) in [4.78, 5) is 0.234. The summed E-state index contributed by atoms with van der Waals surface area (Å²) < 4.78 is 26.0.